The van der Waals surface area contributed by atoms with Crippen molar-refractivity contribution in [2.75, 3.05) is 19.0 Å². The maximum absolute atomic E-state index is 5.49. The van der Waals surface area contributed by atoms with E-state index in [2.05, 4.69) is 39.1 Å². The van der Waals surface area contributed by atoms with Crippen LogP contribution in [0.4, 0.5) is 5.69 Å². The van der Waals surface area contributed by atoms with Crippen LogP contribution in [0.5, 0.6) is 5.75 Å². The smallest absolute Gasteiger partial charge is 0.145 e. The van der Waals surface area contributed by atoms with Crippen molar-refractivity contribution < 1.29 is 4.74 Å². The van der Waals surface area contributed by atoms with Crippen molar-refractivity contribution in [3.63, 3.8) is 0 Å². The Morgan fingerprint density at radius 1 is 1.20 bits per heavy atom. The summed E-state index contributed by atoms with van der Waals surface area (Å²) in [5.41, 5.74) is 5.81. The molecule has 3 nitrogen and oxygen atoms in total. The molecule has 0 aliphatic carbocycles. The van der Waals surface area contributed by atoms with Crippen molar-refractivity contribution in [2.45, 2.75) is 40.5 Å². The quantitative estimate of drug-likeness (QED) is 0.883. The average Bonchev–Trinajstić information content (AvgIpc) is 2.46. The molecule has 0 amide bonds. The molecule has 0 fully saturated rings. The molecular formula is C17H24N2O. The van der Waals surface area contributed by atoms with E-state index < -0.39 is 0 Å². The summed E-state index contributed by atoms with van der Waals surface area (Å²) in [4.78, 5) is 4.83. The lowest BCUT2D eigenvalue weighted by Crippen LogP contribution is -2.07. The van der Waals surface area contributed by atoms with Gasteiger partial charge in [-0.2, -0.15) is 0 Å². The molecule has 0 radical (unpaired) electrons. The summed E-state index contributed by atoms with van der Waals surface area (Å²) >= 11 is 0. The van der Waals surface area contributed by atoms with Crippen LogP contribution in [-0.2, 0) is 6.42 Å². The molecular weight excluding hydrogens is 248 g/mol. The number of aryl methyl sites for hydroxylation is 2. The van der Waals surface area contributed by atoms with Crippen LogP contribution >= 0.6 is 0 Å². The van der Waals surface area contributed by atoms with E-state index in [0.717, 1.165) is 36.3 Å². The fourth-order valence-electron chi connectivity index (χ4n) is 2.63. The summed E-state index contributed by atoms with van der Waals surface area (Å²) in [6.45, 7) is 9.58. The van der Waals surface area contributed by atoms with Gasteiger partial charge in [-0.25, -0.2) is 4.98 Å². The molecule has 108 valence electrons. The number of pyridine rings is 1. The highest BCUT2D eigenvalue weighted by molar-refractivity contribution is 5.99. The highest BCUT2D eigenvalue weighted by Gasteiger charge is 2.15. The summed E-state index contributed by atoms with van der Waals surface area (Å²) < 4.78 is 5.49. The maximum atomic E-state index is 5.49. The Hall–Kier alpha value is -1.77. The van der Waals surface area contributed by atoms with Crippen molar-refractivity contribution in [1.82, 2.24) is 4.98 Å². The number of hydrogen-bond acceptors (Lipinski definition) is 3. The van der Waals surface area contributed by atoms with Crippen molar-refractivity contribution in [3.8, 4) is 5.75 Å². The maximum Gasteiger partial charge on any atom is 0.145 e. The van der Waals surface area contributed by atoms with Crippen LogP contribution in [0.15, 0.2) is 12.1 Å². The van der Waals surface area contributed by atoms with E-state index in [0.29, 0.717) is 0 Å². The first-order valence-corrected chi connectivity index (χ1v) is 7.34. The molecule has 1 aromatic heterocycles. The van der Waals surface area contributed by atoms with Crippen LogP contribution in [0, 0.1) is 13.8 Å². The molecule has 1 N–H and O–H groups in total. The van der Waals surface area contributed by atoms with Crippen LogP contribution in [0.3, 0.4) is 0 Å². The van der Waals surface area contributed by atoms with E-state index >= 15 is 0 Å². The number of anilines is 1. The number of benzene rings is 1. The predicted octanol–water partition coefficient (Wildman–Crippen LogP) is 4.24. The van der Waals surface area contributed by atoms with Gasteiger partial charge in [0.1, 0.15) is 11.3 Å². The van der Waals surface area contributed by atoms with Gasteiger partial charge in [-0.1, -0.05) is 19.9 Å². The molecule has 1 aromatic carbocycles. The fourth-order valence-corrected chi connectivity index (χ4v) is 2.63. The highest BCUT2D eigenvalue weighted by atomic mass is 16.5. The zero-order chi connectivity index (χ0) is 14.7. The summed E-state index contributed by atoms with van der Waals surface area (Å²) in [6.07, 6.45) is 2.04. The third-order valence-corrected chi connectivity index (χ3v) is 3.76. The summed E-state index contributed by atoms with van der Waals surface area (Å²) in [5.74, 6) is 0.847. The van der Waals surface area contributed by atoms with E-state index in [1.807, 2.05) is 6.07 Å². The first kappa shape index (κ1) is 14.6. The van der Waals surface area contributed by atoms with Gasteiger partial charge in [-0.15, -0.1) is 0 Å². The van der Waals surface area contributed by atoms with Crippen molar-refractivity contribution in [2.24, 2.45) is 0 Å². The molecule has 2 rings (SSSR count). The monoisotopic (exact) mass is 272 g/mol. The SMILES string of the molecule is CCCNc1c(C)c(CC)nc2c(OC)ccc(C)c12. The van der Waals surface area contributed by atoms with Crippen LogP contribution in [0.25, 0.3) is 10.9 Å². The Balaban J connectivity index is 2.80. The molecule has 3 heteroatoms. The van der Waals surface area contributed by atoms with Gasteiger partial charge >= 0.3 is 0 Å². The highest BCUT2D eigenvalue weighted by Crippen LogP contribution is 2.35. The first-order valence-electron chi connectivity index (χ1n) is 7.34. The topological polar surface area (TPSA) is 34.2 Å². The summed E-state index contributed by atoms with van der Waals surface area (Å²) in [6, 6.07) is 4.11. The van der Waals surface area contributed by atoms with Gasteiger partial charge in [0, 0.05) is 23.3 Å². The minimum absolute atomic E-state index is 0.847. The van der Waals surface area contributed by atoms with Crippen molar-refractivity contribution in [1.29, 1.82) is 0 Å². The molecule has 0 aliphatic rings. The van der Waals surface area contributed by atoms with Gasteiger partial charge in [0.15, 0.2) is 0 Å². The number of nitrogens with one attached hydrogen (secondary N) is 1. The van der Waals surface area contributed by atoms with Crippen molar-refractivity contribution >= 4 is 16.6 Å². The zero-order valence-electron chi connectivity index (χ0n) is 13.1. The molecule has 0 saturated heterocycles. The number of nitrogens with zero attached hydrogens (tertiary/aromatic N) is 1. The lowest BCUT2D eigenvalue weighted by molar-refractivity contribution is 0.418. The van der Waals surface area contributed by atoms with E-state index in [-0.39, 0.29) is 0 Å². The Kier molecular flexibility index (Phi) is 4.48. The molecule has 0 atom stereocenters. The molecule has 0 bridgehead atoms. The molecule has 20 heavy (non-hydrogen) atoms. The Labute approximate surface area is 121 Å². The molecule has 0 spiro atoms. The van der Waals surface area contributed by atoms with Crippen molar-refractivity contribution in [3.05, 3.63) is 29.0 Å². The second-order valence-corrected chi connectivity index (χ2v) is 5.15. The number of ether oxygens (including phenoxy) is 1. The normalized spacial score (nSPS) is 10.8. The zero-order valence-corrected chi connectivity index (χ0v) is 13.1. The standard InChI is InChI=1S/C17H24N2O/c1-6-10-18-16-12(4)13(7-2)19-17-14(20-5)9-8-11(3)15(16)17/h8-9H,6-7,10H2,1-5H3,(H,18,19). The van der Waals surface area contributed by atoms with E-state index in [4.69, 9.17) is 9.72 Å². The predicted molar refractivity (Wildman–Crippen MR) is 85.9 cm³/mol. The average molecular weight is 272 g/mol. The number of hydrogen-bond donors (Lipinski definition) is 1. The van der Waals surface area contributed by atoms with Gasteiger partial charge in [0.25, 0.3) is 0 Å². The first-order chi connectivity index (χ1) is 9.63. The molecule has 0 unspecified atom stereocenters. The Morgan fingerprint density at radius 3 is 2.55 bits per heavy atom. The second-order valence-electron chi connectivity index (χ2n) is 5.15. The second kappa shape index (κ2) is 6.12. The molecule has 0 aliphatic heterocycles. The number of methoxy groups -OCH3 is 1. The van der Waals surface area contributed by atoms with E-state index in [1.165, 1.54) is 22.2 Å². The van der Waals surface area contributed by atoms with Gasteiger partial charge in [0.05, 0.1) is 7.11 Å². The summed E-state index contributed by atoms with van der Waals surface area (Å²) in [7, 11) is 1.70. The minimum atomic E-state index is 0.847. The van der Waals surface area contributed by atoms with Crippen LogP contribution in [0.2, 0.25) is 0 Å². The third kappa shape index (κ3) is 2.45. The van der Waals surface area contributed by atoms with Gasteiger partial charge in [-0.3, -0.25) is 0 Å². The fraction of sp³-hybridized carbons (Fsp3) is 0.471. The number of aromatic nitrogens is 1. The summed E-state index contributed by atoms with van der Waals surface area (Å²) in [5, 5.41) is 4.76. The van der Waals surface area contributed by atoms with E-state index in [1.54, 1.807) is 7.11 Å². The molecule has 1 heterocycles. The lowest BCUT2D eigenvalue weighted by atomic mass is 10.0. The molecule has 0 saturated carbocycles. The van der Waals surface area contributed by atoms with Gasteiger partial charge < -0.3 is 10.1 Å². The lowest BCUT2D eigenvalue weighted by Gasteiger charge is -2.18. The molecule has 2 aromatic rings. The van der Waals surface area contributed by atoms with Gasteiger partial charge in [-0.05, 0) is 43.9 Å². The minimum Gasteiger partial charge on any atom is -0.494 e. The van der Waals surface area contributed by atoms with Crippen LogP contribution < -0.4 is 10.1 Å². The Morgan fingerprint density at radius 2 is 1.95 bits per heavy atom. The number of rotatable bonds is 5. The van der Waals surface area contributed by atoms with Gasteiger partial charge in [0.2, 0.25) is 0 Å². The third-order valence-electron chi connectivity index (χ3n) is 3.76. The largest absolute Gasteiger partial charge is 0.494 e. The number of fused-ring (bicyclic) bond motifs is 1. The Bertz CT molecular complexity index is 620. The van der Waals surface area contributed by atoms with Crippen LogP contribution in [0.1, 0.15) is 37.1 Å². The van der Waals surface area contributed by atoms with Crippen LogP contribution in [-0.4, -0.2) is 18.6 Å². The van der Waals surface area contributed by atoms with E-state index in [9.17, 15) is 0 Å².